The van der Waals surface area contributed by atoms with Crippen LogP contribution < -0.4 is 14.8 Å². The molecule has 0 bridgehead atoms. The first-order valence-corrected chi connectivity index (χ1v) is 9.42. The summed E-state index contributed by atoms with van der Waals surface area (Å²) in [6.07, 6.45) is 4.65. The number of carbonyl (C=O) groups excluding carboxylic acids is 1. The number of hydrogen-bond donors (Lipinski definition) is 1. The first-order valence-electron chi connectivity index (χ1n) is 9.42. The molecule has 0 aromatic heterocycles. The van der Waals surface area contributed by atoms with Crippen LogP contribution in [0.3, 0.4) is 0 Å². The van der Waals surface area contributed by atoms with Gasteiger partial charge in [0.1, 0.15) is 11.5 Å². The van der Waals surface area contributed by atoms with E-state index in [0.717, 1.165) is 30.0 Å². The monoisotopic (exact) mass is 344 g/mol. The molecular formula is C20H28N2O3. The van der Waals surface area contributed by atoms with Gasteiger partial charge in [0.25, 0.3) is 0 Å². The minimum atomic E-state index is -0.0166. The lowest BCUT2D eigenvalue weighted by atomic mass is 9.55. The fourth-order valence-electron chi connectivity index (χ4n) is 4.98. The van der Waals surface area contributed by atoms with Crippen molar-refractivity contribution in [2.45, 2.75) is 51.6 Å². The molecule has 1 N–H and O–H groups in total. The molecule has 1 aromatic rings. The first-order chi connectivity index (χ1) is 12.0. The van der Waals surface area contributed by atoms with Gasteiger partial charge >= 0.3 is 6.03 Å². The maximum atomic E-state index is 12.9. The molecule has 2 amide bonds. The van der Waals surface area contributed by atoms with Gasteiger partial charge < -0.3 is 19.7 Å². The van der Waals surface area contributed by atoms with Crippen LogP contribution in [-0.2, 0) is 0 Å². The van der Waals surface area contributed by atoms with E-state index < -0.39 is 0 Å². The van der Waals surface area contributed by atoms with E-state index >= 15 is 0 Å². The SMILES string of the molecule is COc1ccc2c(c1)[C@@H](NC(=O)N1CC3(CCC3)C1C(C)C)CCO2. The van der Waals surface area contributed by atoms with Crippen molar-refractivity contribution < 1.29 is 14.3 Å². The molecule has 1 saturated heterocycles. The predicted octanol–water partition coefficient (Wildman–Crippen LogP) is 3.74. The normalized spacial score (nSPS) is 26.3. The Morgan fingerprint density at radius 1 is 1.40 bits per heavy atom. The predicted molar refractivity (Wildman–Crippen MR) is 96.0 cm³/mol. The summed E-state index contributed by atoms with van der Waals surface area (Å²) in [5.74, 6) is 2.14. The first kappa shape index (κ1) is 16.6. The fourth-order valence-corrected chi connectivity index (χ4v) is 4.98. The van der Waals surface area contributed by atoms with E-state index in [2.05, 4.69) is 24.1 Å². The zero-order chi connectivity index (χ0) is 17.6. The Labute approximate surface area is 149 Å². The van der Waals surface area contributed by atoms with Crippen LogP contribution in [-0.4, -0.2) is 37.2 Å². The zero-order valence-corrected chi connectivity index (χ0v) is 15.4. The third-order valence-electron chi connectivity index (χ3n) is 6.24. The number of amides is 2. The third kappa shape index (κ3) is 2.64. The molecular weight excluding hydrogens is 316 g/mol. The van der Waals surface area contributed by atoms with Gasteiger partial charge in [-0.25, -0.2) is 4.79 Å². The lowest BCUT2D eigenvalue weighted by Crippen LogP contribution is -2.72. The van der Waals surface area contributed by atoms with Crippen LogP contribution in [0.5, 0.6) is 11.5 Å². The molecule has 4 rings (SSSR count). The number of rotatable bonds is 3. The second kappa shape index (κ2) is 6.11. The van der Waals surface area contributed by atoms with Gasteiger partial charge in [0, 0.05) is 30.0 Å². The molecule has 1 saturated carbocycles. The average molecular weight is 344 g/mol. The summed E-state index contributed by atoms with van der Waals surface area (Å²) in [5, 5.41) is 3.25. The molecule has 2 atom stereocenters. The molecule has 1 aromatic carbocycles. The van der Waals surface area contributed by atoms with Crippen LogP contribution in [0.1, 0.15) is 51.1 Å². The lowest BCUT2D eigenvalue weighted by Gasteiger charge is -2.64. The third-order valence-corrected chi connectivity index (χ3v) is 6.24. The van der Waals surface area contributed by atoms with Gasteiger partial charge in [-0.1, -0.05) is 20.3 Å². The van der Waals surface area contributed by atoms with Crippen LogP contribution in [0.4, 0.5) is 4.79 Å². The highest BCUT2D eigenvalue weighted by Crippen LogP contribution is 2.55. The van der Waals surface area contributed by atoms with Crippen LogP contribution in [0.25, 0.3) is 0 Å². The van der Waals surface area contributed by atoms with Crippen molar-refractivity contribution >= 4 is 6.03 Å². The van der Waals surface area contributed by atoms with Crippen LogP contribution in [0.2, 0.25) is 0 Å². The lowest BCUT2D eigenvalue weighted by molar-refractivity contribution is -0.117. The smallest absolute Gasteiger partial charge is 0.318 e. The van der Waals surface area contributed by atoms with Crippen molar-refractivity contribution in [2.75, 3.05) is 20.3 Å². The summed E-state index contributed by atoms with van der Waals surface area (Å²) in [6, 6.07) is 6.23. The second-order valence-corrected chi connectivity index (χ2v) is 8.08. The number of fused-ring (bicyclic) bond motifs is 1. The van der Waals surface area contributed by atoms with E-state index in [9.17, 15) is 4.79 Å². The molecule has 2 aliphatic heterocycles. The van der Waals surface area contributed by atoms with Crippen molar-refractivity contribution in [1.82, 2.24) is 10.2 Å². The number of likely N-dealkylation sites (tertiary alicyclic amines) is 1. The Morgan fingerprint density at radius 2 is 2.20 bits per heavy atom. The quantitative estimate of drug-likeness (QED) is 0.909. The second-order valence-electron chi connectivity index (χ2n) is 8.08. The number of methoxy groups -OCH3 is 1. The summed E-state index contributed by atoms with van der Waals surface area (Å²) in [4.78, 5) is 15.0. The number of hydrogen-bond acceptors (Lipinski definition) is 3. The molecule has 3 aliphatic rings. The molecule has 136 valence electrons. The molecule has 1 unspecified atom stereocenters. The van der Waals surface area contributed by atoms with E-state index in [1.807, 2.05) is 18.2 Å². The van der Waals surface area contributed by atoms with Crippen molar-refractivity contribution in [3.8, 4) is 11.5 Å². The maximum absolute atomic E-state index is 12.9. The highest BCUT2D eigenvalue weighted by Gasteiger charge is 2.58. The molecule has 1 spiro atoms. The van der Waals surface area contributed by atoms with Gasteiger partial charge in [-0.2, -0.15) is 0 Å². The van der Waals surface area contributed by atoms with Gasteiger partial charge in [0.15, 0.2) is 0 Å². The molecule has 5 nitrogen and oxygen atoms in total. The minimum absolute atomic E-state index is 0.0166. The Balaban J connectivity index is 1.49. The molecule has 1 aliphatic carbocycles. The van der Waals surface area contributed by atoms with Crippen LogP contribution in [0.15, 0.2) is 18.2 Å². The molecule has 2 heterocycles. The summed E-state index contributed by atoms with van der Waals surface area (Å²) in [5.41, 5.74) is 1.42. The summed E-state index contributed by atoms with van der Waals surface area (Å²) < 4.78 is 11.1. The van der Waals surface area contributed by atoms with Gasteiger partial charge in [-0.3, -0.25) is 0 Å². The number of ether oxygens (including phenoxy) is 2. The number of nitrogens with zero attached hydrogens (tertiary/aromatic N) is 1. The van der Waals surface area contributed by atoms with Gasteiger partial charge in [0.2, 0.25) is 0 Å². The van der Waals surface area contributed by atoms with Crippen LogP contribution >= 0.6 is 0 Å². The molecule has 5 heteroatoms. The van der Waals surface area contributed by atoms with E-state index in [1.54, 1.807) is 7.11 Å². The molecule has 0 radical (unpaired) electrons. The Kier molecular flexibility index (Phi) is 4.05. The Bertz CT molecular complexity index is 669. The highest BCUT2D eigenvalue weighted by molar-refractivity contribution is 5.77. The number of benzene rings is 1. The zero-order valence-electron chi connectivity index (χ0n) is 15.4. The number of urea groups is 1. The topological polar surface area (TPSA) is 50.8 Å². The summed E-state index contributed by atoms with van der Waals surface area (Å²) >= 11 is 0. The van der Waals surface area contributed by atoms with E-state index in [4.69, 9.17) is 9.47 Å². The van der Waals surface area contributed by atoms with Crippen LogP contribution in [0, 0.1) is 11.3 Å². The Hall–Kier alpha value is -1.91. The van der Waals surface area contributed by atoms with Crippen molar-refractivity contribution in [1.29, 1.82) is 0 Å². The largest absolute Gasteiger partial charge is 0.497 e. The number of nitrogens with one attached hydrogen (secondary N) is 1. The van der Waals surface area contributed by atoms with Crippen molar-refractivity contribution in [2.24, 2.45) is 11.3 Å². The highest BCUT2D eigenvalue weighted by atomic mass is 16.5. The molecule has 25 heavy (non-hydrogen) atoms. The number of carbonyl (C=O) groups is 1. The van der Waals surface area contributed by atoms with E-state index in [1.165, 1.54) is 19.3 Å². The van der Waals surface area contributed by atoms with Crippen molar-refractivity contribution in [3.05, 3.63) is 23.8 Å². The van der Waals surface area contributed by atoms with Crippen molar-refractivity contribution in [3.63, 3.8) is 0 Å². The standard InChI is InChI=1S/C20H28N2O3/c1-13(2)18-20(8-4-9-20)12-22(18)19(23)21-16-7-10-25-17-6-5-14(24-3)11-15(16)17/h5-6,11,13,16,18H,4,7-10,12H2,1-3H3,(H,21,23)/t16-,18?/m0/s1. The van der Waals surface area contributed by atoms with E-state index in [0.29, 0.717) is 24.0 Å². The van der Waals surface area contributed by atoms with Gasteiger partial charge in [-0.15, -0.1) is 0 Å². The Morgan fingerprint density at radius 3 is 2.84 bits per heavy atom. The maximum Gasteiger partial charge on any atom is 0.318 e. The van der Waals surface area contributed by atoms with E-state index in [-0.39, 0.29) is 12.1 Å². The van der Waals surface area contributed by atoms with Gasteiger partial charge in [0.05, 0.1) is 19.8 Å². The molecule has 2 fully saturated rings. The fraction of sp³-hybridized carbons (Fsp3) is 0.650. The minimum Gasteiger partial charge on any atom is -0.497 e. The average Bonchev–Trinajstić information content (AvgIpc) is 2.52. The summed E-state index contributed by atoms with van der Waals surface area (Å²) in [7, 11) is 1.66. The summed E-state index contributed by atoms with van der Waals surface area (Å²) in [6.45, 7) is 6.01. The van der Waals surface area contributed by atoms with Gasteiger partial charge in [-0.05, 0) is 37.0 Å².